The molecule has 1 amide bonds. The molecule has 23 heavy (non-hydrogen) atoms. The van der Waals surface area contributed by atoms with Gasteiger partial charge in [0.05, 0.1) is 19.3 Å². The minimum atomic E-state index is -1.19. The Hall–Kier alpha value is -1.69. The molecule has 1 aliphatic rings. The molecular weight excluding hydrogens is 304 g/mol. The number of methoxy groups -OCH3 is 1. The van der Waals surface area contributed by atoms with Gasteiger partial charge in [-0.1, -0.05) is 13.3 Å². The molecule has 1 aromatic rings. The van der Waals surface area contributed by atoms with E-state index in [2.05, 4.69) is 0 Å². The number of amides is 1. The quantitative estimate of drug-likeness (QED) is 0.904. The third-order valence-corrected chi connectivity index (χ3v) is 4.56. The number of hydrogen-bond donors (Lipinski definition) is 1. The maximum Gasteiger partial charge on any atom is 0.256 e. The second-order valence-electron chi connectivity index (χ2n) is 6.18. The number of rotatable bonds is 5. The fourth-order valence-electron chi connectivity index (χ4n) is 3.35. The number of benzene rings is 1. The Bertz CT molecular complexity index is 575. The van der Waals surface area contributed by atoms with Gasteiger partial charge in [0.15, 0.2) is 11.6 Å². The van der Waals surface area contributed by atoms with Gasteiger partial charge in [-0.3, -0.25) is 4.79 Å². The fraction of sp³-hybridized carbons (Fsp3) is 0.588. The van der Waals surface area contributed by atoms with Crippen LogP contribution < -0.4 is 4.74 Å². The molecule has 0 bridgehead atoms. The summed E-state index contributed by atoms with van der Waals surface area (Å²) < 4.78 is 32.7. The number of ether oxygens (including phenoxy) is 1. The summed E-state index contributed by atoms with van der Waals surface area (Å²) in [6.07, 6.45) is 3.27. The number of carbonyl (C=O) groups is 1. The lowest BCUT2D eigenvalue weighted by molar-refractivity contribution is 0.0219. The van der Waals surface area contributed by atoms with E-state index in [0.29, 0.717) is 13.1 Å². The van der Waals surface area contributed by atoms with Crippen molar-refractivity contribution in [3.8, 4) is 5.75 Å². The molecule has 2 rings (SSSR count). The number of aliphatic hydroxyl groups is 1. The van der Waals surface area contributed by atoms with Crippen molar-refractivity contribution in [2.24, 2.45) is 5.41 Å². The van der Waals surface area contributed by atoms with Crippen molar-refractivity contribution in [2.45, 2.75) is 32.6 Å². The van der Waals surface area contributed by atoms with Crippen LogP contribution >= 0.6 is 0 Å². The van der Waals surface area contributed by atoms with Crippen molar-refractivity contribution in [1.82, 2.24) is 4.90 Å². The normalized spacial score (nSPS) is 21.3. The Morgan fingerprint density at radius 3 is 2.74 bits per heavy atom. The average molecular weight is 327 g/mol. The van der Waals surface area contributed by atoms with E-state index in [1.165, 1.54) is 24.1 Å². The van der Waals surface area contributed by atoms with Crippen LogP contribution in [0, 0.1) is 17.0 Å². The predicted octanol–water partition coefficient (Wildman–Crippen LogP) is 2.99. The van der Waals surface area contributed by atoms with Crippen molar-refractivity contribution in [3.63, 3.8) is 0 Å². The zero-order chi connectivity index (χ0) is 17.0. The topological polar surface area (TPSA) is 49.8 Å². The molecule has 0 aromatic heterocycles. The Balaban J connectivity index is 2.25. The number of carbonyl (C=O) groups excluding carboxylic acids is 1. The monoisotopic (exact) mass is 327 g/mol. The molecule has 1 aliphatic heterocycles. The third-order valence-electron chi connectivity index (χ3n) is 4.56. The molecule has 128 valence electrons. The Labute approximate surface area is 135 Å². The molecule has 1 heterocycles. The van der Waals surface area contributed by atoms with Crippen LogP contribution in [0.1, 0.15) is 43.0 Å². The largest absolute Gasteiger partial charge is 0.494 e. The van der Waals surface area contributed by atoms with Gasteiger partial charge < -0.3 is 14.7 Å². The lowest BCUT2D eigenvalue weighted by atomic mass is 9.77. The van der Waals surface area contributed by atoms with Crippen molar-refractivity contribution in [1.29, 1.82) is 0 Å². The average Bonchev–Trinajstić information content (AvgIpc) is 2.57. The lowest BCUT2D eigenvalue weighted by Gasteiger charge is -2.42. The minimum Gasteiger partial charge on any atom is -0.494 e. The van der Waals surface area contributed by atoms with Gasteiger partial charge in [0.25, 0.3) is 5.91 Å². The summed E-state index contributed by atoms with van der Waals surface area (Å²) in [7, 11) is 1.24. The van der Waals surface area contributed by atoms with E-state index < -0.39 is 17.5 Å². The minimum absolute atomic E-state index is 0.00985. The molecule has 0 aliphatic carbocycles. The standard InChI is InChI=1S/C17H23F2NO3/c1-3-7-17(11-21)8-4-9-20(10-17)16(22)12-5-6-13(23-2)15(19)14(12)18/h5-6,21H,3-4,7-11H2,1-2H3. The van der Waals surface area contributed by atoms with Crippen molar-refractivity contribution < 1.29 is 23.4 Å². The second kappa shape index (κ2) is 7.25. The highest BCUT2D eigenvalue weighted by atomic mass is 19.2. The van der Waals surface area contributed by atoms with Crippen LogP contribution in [-0.4, -0.2) is 42.7 Å². The van der Waals surface area contributed by atoms with Gasteiger partial charge in [0, 0.05) is 18.5 Å². The van der Waals surface area contributed by atoms with Crippen molar-refractivity contribution in [3.05, 3.63) is 29.3 Å². The molecule has 1 aromatic carbocycles. The summed E-state index contributed by atoms with van der Waals surface area (Å²) in [6, 6.07) is 2.50. The zero-order valence-electron chi connectivity index (χ0n) is 13.6. The first kappa shape index (κ1) is 17.7. The first-order chi connectivity index (χ1) is 11.0. The first-order valence-corrected chi connectivity index (χ1v) is 7.90. The molecule has 1 fully saturated rings. The van der Waals surface area contributed by atoms with Gasteiger partial charge in [0.2, 0.25) is 5.82 Å². The van der Waals surface area contributed by atoms with Gasteiger partial charge in [-0.25, -0.2) is 4.39 Å². The van der Waals surface area contributed by atoms with Gasteiger partial charge in [-0.2, -0.15) is 4.39 Å². The van der Waals surface area contributed by atoms with Crippen molar-refractivity contribution >= 4 is 5.91 Å². The third kappa shape index (κ3) is 3.47. The van der Waals surface area contributed by atoms with E-state index in [9.17, 15) is 18.7 Å². The van der Waals surface area contributed by atoms with Gasteiger partial charge in [0.1, 0.15) is 0 Å². The maximum absolute atomic E-state index is 14.1. The lowest BCUT2D eigenvalue weighted by Crippen LogP contribution is -2.48. The smallest absolute Gasteiger partial charge is 0.256 e. The van der Waals surface area contributed by atoms with Crippen LogP contribution in [0.25, 0.3) is 0 Å². The summed E-state index contributed by atoms with van der Waals surface area (Å²) >= 11 is 0. The summed E-state index contributed by atoms with van der Waals surface area (Å²) in [5.41, 5.74) is -0.641. The molecule has 1 atom stereocenters. The van der Waals surface area contributed by atoms with Gasteiger partial charge in [-0.15, -0.1) is 0 Å². The van der Waals surface area contributed by atoms with Gasteiger partial charge >= 0.3 is 0 Å². The fourth-order valence-corrected chi connectivity index (χ4v) is 3.35. The molecule has 1 N–H and O–H groups in total. The van der Waals surface area contributed by atoms with E-state index in [-0.39, 0.29) is 23.3 Å². The van der Waals surface area contributed by atoms with Crippen LogP contribution in [0.15, 0.2) is 12.1 Å². The van der Waals surface area contributed by atoms with Crippen LogP contribution in [0.3, 0.4) is 0 Å². The molecule has 0 radical (unpaired) electrons. The summed E-state index contributed by atoms with van der Waals surface area (Å²) in [6.45, 7) is 2.86. The summed E-state index contributed by atoms with van der Waals surface area (Å²) in [5.74, 6) is -3.12. The Morgan fingerprint density at radius 2 is 2.13 bits per heavy atom. The van der Waals surface area contributed by atoms with Crippen LogP contribution in [0.2, 0.25) is 0 Å². The van der Waals surface area contributed by atoms with Gasteiger partial charge in [-0.05, 0) is 31.4 Å². The van der Waals surface area contributed by atoms with E-state index in [1.807, 2.05) is 6.92 Å². The molecular formula is C17H23F2NO3. The van der Waals surface area contributed by atoms with Crippen molar-refractivity contribution in [2.75, 3.05) is 26.8 Å². The second-order valence-corrected chi connectivity index (χ2v) is 6.18. The number of likely N-dealkylation sites (tertiary alicyclic amines) is 1. The highest BCUT2D eigenvalue weighted by Crippen LogP contribution is 2.35. The molecule has 0 spiro atoms. The van der Waals surface area contributed by atoms with Crippen LogP contribution in [0.5, 0.6) is 5.75 Å². The number of halogens is 2. The zero-order valence-corrected chi connectivity index (χ0v) is 13.6. The molecule has 1 unspecified atom stereocenters. The highest BCUT2D eigenvalue weighted by molar-refractivity contribution is 5.94. The predicted molar refractivity (Wildman–Crippen MR) is 82.5 cm³/mol. The Morgan fingerprint density at radius 1 is 1.39 bits per heavy atom. The number of aliphatic hydroxyl groups excluding tert-OH is 1. The molecule has 4 nitrogen and oxygen atoms in total. The maximum atomic E-state index is 14.1. The van der Waals surface area contributed by atoms with E-state index in [0.717, 1.165) is 25.7 Å². The SMILES string of the molecule is CCCC1(CO)CCCN(C(=O)c2ccc(OC)c(F)c2F)C1. The molecule has 6 heteroatoms. The number of nitrogens with zero attached hydrogens (tertiary/aromatic N) is 1. The summed E-state index contributed by atoms with van der Waals surface area (Å²) in [5, 5.41) is 9.72. The highest BCUT2D eigenvalue weighted by Gasteiger charge is 2.37. The number of piperidine rings is 1. The molecule has 1 saturated heterocycles. The van der Waals surface area contributed by atoms with E-state index in [4.69, 9.17) is 4.74 Å². The first-order valence-electron chi connectivity index (χ1n) is 7.90. The van der Waals surface area contributed by atoms with E-state index >= 15 is 0 Å². The van der Waals surface area contributed by atoms with Crippen LogP contribution in [0.4, 0.5) is 8.78 Å². The Kier molecular flexibility index (Phi) is 5.57. The summed E-state index contributed by atoms with van der Waals surface area (Å²) in [4.78, 5) is 14.1. The van der Waals surface area contributed by atoms with E-state index in [1.54, 1.807) is 0 Å². The van der Waals surface area contributed by atoms with Crippen LogP contribution in [-0.2, 0) is 0 Å². The number of hydrogen-bond acceptors (Lipinski definition) is 3. The molecule has 0 saturated carbocycles.